The highest BCUT2D eigenvalue weighted by molar-refractivity contribution is 7.07. The first-order chi connectivity index (χ1) is 11.2. The molecule has 0 radical (unpaired) electrons. The van der Waals surface area contributed by atoms with E-state index in [9.17, 15) is 9.59 Å². The number of hydrogen-bond acceptors (Lipinski definition) is 4. The number of carbonyl (C=O) groups excluding carboxylic acids is 2. The van der Waals surface area contributed by atoms with Crippen molar-refractivity contribution >= 4 is 23.3 Å². The zero-order valence-corrected chi connectivity index (χ0v) is 14.1. The number of urea groups is 1. The van der Waals surface area contributed by atoms with Crippen LogP contribution < -0.4 is 10.6 Å². The molecule has 2 saturated heterocycles. The predicted octanol–water partition coefficient (Wildman–Crippen LogP) is 0.896. The average Bonchev–Trinajstić information content (AvgIpc) is 3.20. The maximum atomic E-state index is 12.0. The van der Waals surface area contributed by atoms with E-state index >= 15 is 0 Å². The normalized spacial score (nSPS) is 19.8. The topological polar surface area (TPSA) is 64.7 Å². The van der Waals surface area contributed by atoms with Gasteiger partial charge in [-0.05, 0) is 41.7 Å². The Bertz CT molecular complexity index is 526. The van der Waals surface area contributed by atoms with E-state index in [1.807, 2.05) is 4.90 Å². The molecule has 1 aromatic heterocycles. The first-order valence-electron chi connectivity index (χ1n) is 8.27. The van der Waals surface area contributed by atoms with Gasteiger partial charge in [-0.2, -0.15) is 11.3 Å². The smallest absolute Gasteiger partial charge is 0.317 e. The summed E-state index contributed by atoms with van der Waals surface area (Å²) in [6, 6.07) is 2.49. The van der Waals surface area contributed by atoms with Gasteiger partial charge >= 0.3 is 6.03 Å². The Labute approximate surface area is 140 Å². The summed E-state index contributed by atoms with van der Waals surface area (Å²) in [5.41, 5.74) is 1.28. The summed E-state index contributed by atoms with van der Waals surface area (Å²) in [6.07, 6.45) is 2.80. The number of piperidine rings is 1. The Kier molecular flexibility index (Phi) is 5.51. The Morgan fingerprint density at radius 1 is 1.35 bits per heavy atom. The van der Waals surface area contributed by atoms with Crippen molar-refractivity contribution in [1.82, 2.24) is 20.4 Å². The van der Waals surface area contributed by atoms with Gasteiger partial charge in [-0.25, -0.2) is 4.79 Å². The second-order valence-electron chi connectivity index (χ2n) is 6.16. The molecule has 3 heterocycles. The van der Waals surface area contributed by atoms with Crippen molar-refractivity contribution in [2.24, 2.45) is 0 Å². The summed E-state index contributed by atoms with van der Waals surface area (Å²) < 4.78 is 0. The molecule has 6 nitrogen and oxygen atoms in total. The van der Waals surface area contributed by atoms with Crippen molar-refractivity contribution < 1.29 is 9.59 Å². The molecule has 23 heavy (non-hydrogen) atoms. The molecule has 0 aliphatic carbocycles. The largest absolute Gasteiger partial charge is 0.355 e. The Balaban J connectivity index is 1.33. The number of hydrogen-bond donors (Lipinski definition) is 2. The SMILES string of the molecule is O=C(CN1CCC(N2CCNC2=O)CC1)NCCc1ccsc1. The van der Waals surface area contributed by atoms with E-state index in [0.717, 1.165) is 45.4 Å². The summed E-state index contributed by atoms with van der Waals surface area (Å²) in [4.78, 5) is 27.8. The van der Waals surface area contributed by atoms with E-state index in [-0.39, 0.29) is 11.9 Å². The highest BCUT2D eigenvalue weighted by Crippen LogP contribution is 2.18. The zero-order chi connectivity index (χ0) is 16.1. The molecule has 2 fully saturated rings. The third-order valence-electron chi connectivity index (χ3n) is 4.57. The summed E-state index contributed by atoms with van der Waals surface area (Å²) in [7, 11) is 0. The number of thiophene rings is 1. The van der Waals surface area contributed by atoms with Gasteiger partial charge in [0.25, 0.3) is 0 Å². The minimum Gasteiger partial charge on any atom is -0.355 e. The molecule has 126 valence electrons. The summed E-state index contributed by atoms with van der Waals surface area (Å²) in [6.45, 7) is 4.49. The maximum absolute atomic E-state index is 12.0. The van der Waals surface area contributed by atoms with Gasteiger partial charge in [0.1, 0.15) is 0 Å². The average molecular weight is 336 g/mol. The molecule has 0 bridgehead atoms. The minimum atomic E-state index is 0.0645. The van der Waals surface area contributed by atoms with E-state index in [0.29, 0.717) is 19.1 Å². The predicted molar refractivity (Wildman–Crippen MR) is 90.6 cm³/mol. The van der Waals surface area contributed by atoms with E-state index in [1.165, 1.54) is 5.56 Å². The molecule has 0 spiro atoms. The number of nitrogens with one attached hydrogen (secondary N) is 2. The fraction of sp³-hybridized carbons (Fsp3) is 0.625. The van der Waals surface area contributed by atoms with Gasteiger partial charge in [-0.15, -0.1) is 0 Å². The van der Waals surface area contributed by atoms with Crippen molar-refractivity contribution in [3.05, 3.63) is 22.4 Å². The third-order valence-corrected chi connectivity index (χ3v) is 5.30. The van der Waals surface area contributed by atoms with E-state index in [4.69, 9.17) is 0 Å². The Morgan fingerprint density at radius 3 is 2.83 bits per heavy atom. The molecule has 0 aromatic carbocycles. The molecular formula is C16H24N4O2S. The second-order valence-corrected chi connectivity index (χ2v) is 6.94. The van der Waals surface area contributed by atoms with Crippen LogP contribution in [0.3, 0.4) is 0 Å². The monoisotopic (exact) mass is 336 g/mol. The van der Waals surface area contributed by atoms with Crippen LogP contribution in [-0.2, 0) is 11.2 Å². The minimum absolute atomic E-state index is 0.0645. The molecule has 2 N–H and O–H groups in total. The van der Waals surface area contributed by atoms with Crippen LogP contribution in [-0.4, -0.2) is 67.0 Å². The number of nitrogens with zero attached hydrogens (tertiary/aromatic N) is 2. The molecular weight excluding hydrogens is 312 g/mol. The molecule has 0 atom stereocenters. The lowest BCUT2D eigenvalue weighted by molar-refractivity contribution is -0.122. The number of rotatable bonds is 6. The molecule has 1 aromatic rings. The van der Waals surface area contributed by atoms with Crippen LogP contribution in [0, 0.1) is 0 Å². The van der Waals surface area contributed by atoms with Crippen molar-refractivity contribution in [2.45, 2.75) is 25.3 Å². The molecule has 2 aliphatic heterocycles. The quantitative estimate of drug-likeness (QED) is 0.811. The highest BCUT2D eigenvalue weighted by atomic mass is 32.1. The second kappa shape index (κ2) is 7.79. The molecule has 2 aliphatic rings. The lowest BCUT2D eigenvalue weighted by Crippen LogP contribution is -2.48. The van der Waals surface area contributed by atoms with Crippen molar-refractivity contribution in [2.75, 3.05) is 39.3 Å². The van der Waals surface area contributed by atoms with Crippen molar-refractivity contribution in [3.63, 3.8) is 0 Å². The lowest BCUT2D eigenvalue weighted by Gasteiger charge is -2.35. The highest BCUT2D eigenvalue weighted by Gasteiger charge is 2.30. The third kappa shape index (κ3) is 4.45. The van der Waals surface area contributed by atoms with Crippen LogP contribution in [0.5, 0.6) is 0 Å². The van der Waals surface area contributed by atoms with E-state index in [1.54, 1.807) is 11.3 Å². The van der Waals surface area contributed by atoms with Gasteiger partial charge in [0.15, 0.2) is 0 Å². The van der Waals surface area contributed by atoms with Crippen LogP contribution in [0.25, 0.3) is 0 Å². The van der Waals surface area contributed by atoms with Gasteiger partial charge < -0.3 is 15.5 Å². The summed E-state index contributed by atoms with van der Waals surface area (Å²) in [5.74, 6) is 0.0950. The first-order valence-corrected chi connectivity index (χ1v) is 9.21. The number of likely N-dealkylation sites (tertiary alicyclic amines) is 1. The molecule has 3 amide bonds. The standard InChI is InChI=1S/C16H24N4O2S/c21-15(17-5-1-13-4-10-23-12-13)11-19-7-2-14(3-8-19)20-9-6-18-16(20)22/h4,10,12,14H,1-3,5-9,11H2,(H,17,21)(H,18,22). The van der Waals surface area contributed by atoms with Crippen LogP contribution in [0.4, 0.5) is 4.79 Å². The zero-order valence-electron chi connectivity index (χ0n) is 13.3. The van der Waals surface area contributed by atoms with Crippen molar-refractivity contribution in [1.29, 1.82) is 0 Å². The van der Waals surface area contributed by atoms with Crippen molar-refractivity contribution in [3.8, 4) is 0 Å². The summed E-state index contributed by atoms with van der Waals surface area (Å²) in [5, 5.41) is 10.0. The number of carbonyl (C=O) groups is 2. The fourth-order valence-electron chi connectivity index (χ4n) is 3.26. The molecule has 3 rings (SSSR count). The van der Waals surface area contributed by atoms with Gasteiger partial charge in [0.05, 0.1) is 6.54 Å². The maximum Gasteiger partial charge on any atom is 0.317 e. The van der Waals surface area contributed by atoms with Crippen LogP contribution in [0.2, 0.25) is 0 Å². The van der Waals surface area contributed by atoms with Gasteiger partial charge in [-0.1, -0.05) is 0 Å². The van der Waals surface area contributed by atoms with E-state index in [2.05, 4.69) is 32.4 Å². The van der Waals surface area contributed by atoms with E-state index < -0.39 is 0 Å². The Morgan fingerprint density at radius 2 is 2.17 bits per heavy atom. The first kappa shape index (κ1) is 16.3. The Hall–Kier alpha value is -1.60. The van der Waals surface area contributed by atoms with Crippen LogP contribution in [0.1, 0.15) is 18.4 Å². The number of amides is 3. The summed E-state index contributed by atoms with van der Waals surface area (Å²) >= 11 is 1.68. The lowest BCUT2D eigenvalue weighted by atomic mass is 10.0. The molecule has 0 saturated carbocycles. The van der Waals surface area contributed by atoms with Gasteiger partial charge in [-0.3, -0.25) is 9.69 Å². The van der Waals surface area contributed by atoms with Crippen LogP contribution >= 0.6 is 11.3 Å². The molecule has 7 heteroatoms. The fourth-order valence-corrected chi connectivity index (χ4v) is 3.97. The van der Waals surface area contributed by atoms with Gasteiger partial charge in [0, 0.05) is 38.8 Å². The van der Waals surface area contributed by atoms with Crippen LogP contribution in [0.15, 0.2) is 16.8 Å². The molecule has 0 unspecified atom stereocenters. The van der Waals surface area contributed by atoms with Gasteiger partial charge in [0.2, 0.25) is 5.91 Å².